The zero-order chi connectivity index (χ0) is 11.2. The maximum absolute atomic E-state index is 11.1. The molecule has 0 heterocycles. The van der Waals surface area contributed by atoms with Crippen molar-refractivity contribution >= 4 is 23.0 Å². The lowest BCUT2D eigenvalue weighted by atomic mass is 10.2. The van der Waals surface area contributed by atoms with Gasteiger partial charge in [0.2, 0.25) is 0 Å². The van der Waals surface area contributed by atoms with Crippen LogP contribution in [0.25, 0.3) is 0 Å². The molecule has 0 bridgehead atoms. The second kappa shape index (κ2) is 5.74. The molecule has 0 rings (SSSR count). The van der Waals surface area contributed by atoms with Gasteiger partial charge in [-0.2, -0.15) is 0 Å². The Morgan fingerprint density at radius 1 is 1.36 bits per heavy atom. The highest BCUT2D eigenvalue weighted by atomic mass is 32.2. The number of amidine groups is 1. The molecule has 1 amide bonds. The molecule has 14 heavy (non-hydrogen) atoms. The molecule has 0 radical (unpaired) electrons. The molecule has 2 N–H and O–H groups in total. The van der Waals surface area contributed by atoms with Crippen molar-refractivity contribution in [1.82, 2.24) is 10.9 Å². The molecule has 0 saturated heterocycles. The average Bonchev–Trinajstić information content (AvgIpc) is 2.03. The predicted molar refractivity (Wildman–Crippen MR) is 59.4 cm³/mol. The maximum Gasteiger partial charge on any atom is 0.426 e. The first kappa shape index (κ1) is 13.1. The molecule has 0 spiro atoms. The van der Waals surface area contributed by atoms with E-state index < -0.39 is 11.7 Å². The van der Waals surface area contributed by atoms with Crippen LogP contribution in [0.2, 0.25) is 0 Å². The molecule has 0 fully saturated rings. The fourth-order valence-electron chi connectivity index (χ4n) is 0.606. The number of carbonyl (C=O) groups excluding carboxylic acids is 1. The van der Waals surface area contributed by atoms with Crippen molar-refractivity contribution in [2.75, 3.05) is 13.3 Å². The van der Waals surface area contributed by atoms with Crippen LogP contribution in [0.1, 0.15) is 20.8 Å². The number of ether oxygens (including phenoxy) is 1. The fourth-order valence-corrected chi connectivity index (χ4v) is 0.942. The number of aliphatic imine (C=N–C) groups is 1. The van der Waals surface area contributed by atoms with Crippen LogP contribution < -0.4 is 10.9 Å². The number of hydrazine groups is 1. The van der Waals surface area contributed by atoms with E-state index in [4.69, 9.17) is 4.74 Å². The summed E-state index contributed by atoms with van der Waals surface area (Å²) in [6.45, 7) is 5.40. The van der Waals surface area contributed by atoms with Gasteiger partial charge in [-0.15, -0.1) is 0 Å². The van der Waals surface area contributed by atoms with Crippen LogP contribution in [0.5, 0.6) is 0 Å². The molecule has 0 aliphatic heterocycles. The standard InChI is InChI=1S/C8H17N3O2S/c1-8(2,3)13-7(12)11-10-6(9-4)14-5/h1-5H3,(H,9,10)(H,11,12). The number of carbonyl (C=O) groups is 1. The van der Waals surface area contributed by atoms with Gasteiger partial charge in [0.25, 0.3) is 0 Å². The molecule has 0 aromatic carbocycles. The minimum absolute atomic E-state index is 0.491. The fraction of sp³-hybridized carbons (Fsp3) is 0.750. The van der Waals surface area contributed by atoms with E-state index in [0.717, 1.165) is 0 Å². The van der Waals surface area contributed by atoms with Crippen molar-refractivity contribution in [3.8, 4) is 0 Å². The summed E-state index contributed by atoms with van der Waals surface area (Å²) in [4.78, 5) is 15.0. The highest BCUT2D eigenvalue weighted by Gasteiger charge is 2.15. The van der Waals surface area contributed by atoms with Crippen molar-refractivity contribution < 1.29 is 9.53 Å². The van der Waals surface area contributed by atoms with Crippen LogP contribution in [-0.4, -0.2) is 30.2 Å². The van der Waals surface area contributed by atoms with Crippen molar-refractivity contribution in [3.05, 3.63) is 0 Å². The molecule has 0 aromatic heterocycles. The molecule has 5 nitrogen and oxygen atoms in total. The zero-order valence-corrected chi connectivity index (χ0v) is 9.99. The summed E-state index contributed by atoms with van der Waals surface area (Å²) < 4.78 is 5.00. The van der Waals surface area contributed by atoms with Gasteiger partial charge in [-0.3, -0.25) is 10.4 Å². The summed E-state index contributed by atoms with van der Waals surface area (Å²) in [7, 11) is 1.63. The summed E-state index contributed by atoms with van der Waals surface area (Å²) >= 11 is 1.40. The van der Waals surface area contributed by atoms with E-state index >= 15 is 0 Å². The van der Waals surface area contributed by atoms with Crippen LogP contribution >= 0.6 is 11.8 Å². The highest BCUT2D eigenvalue weighted by Crippen LogP contribution is 2.05. The van der Waals surface area contributed by atoms with Crippen molar-refractivity contribution in [3.63, 3.8) is 0 Å². The van der Waals surface area contributed by atoms with Crippen LogP contribution in [0.4, 0.5) is 4.79 Å². The number of hydrogen-bond donors (Lipinski definition) is 2. The van der Waals surface area contributed by atoms with Gasteiger partial charge in [0.1, 0.15) is 5.60 Å². The largest absolute Gasteiger partial charge is 0.443 e. The number of nitrogens with zero attached hydrogens (tertiary/aromatic N) is 1. The monoisotopic (exact) mass is 219 g/mol. The molecular formula is C8H17N3O2S. The van der Waals surface area contributed by atoms with Crippen molar-refractivity contribution in [2.45, 2.75) is 26.4 Å². The van der Waals surface area contributed by atoms with E-state index in [1.165, 1.54) is 11.8 Å². The number of hydrogen-bond acceptors (Lipinski definition) is 4. The Kier molecular flexibility index (Phi) is 5.37. The van der Waals surface area contributed by atoms with Gasteiger partial charge < -0.3 is 4.74 Å². The minimum atomic E-state index is -0.521. The smallest absolute Gasteiger partial charge is 0.426 e. The lowest BCUT2D eigenvalue weighted by molar-refractivity contribution is 0.0513. The van der Waals surface area contributed by atoms with Crippen LogP contribution in [0.3, 0.4) is 0 Å². The van der Waals surface area contributed by atoms with E-state index in [0.29, 0.717) is 5.17 Å². The third kappa shape index (κ3) is 6.59. The van der Waals surface area contributed by atoms with Crippen molar-refractivity contribution in [1.29, 1.82) is 0 Å². The molecule has 0 saturated carbocycles. The van der Waals surface area contributed by atoms with E-state index in [2.05, 4.69) is 15.8 Å². The third-order valence-electron chi connectivity index (χ3n) is 1.07. The van der Waals surface area contributed by atoms with Crippen LogP contribution in [0, 0.1) is 0 Å². The summed E-state index contributed by atoms with van der Waals surface area (Å²) in [5, 5.41) is 0.621. The van der Waals surface area contributed by atoms with Gasteiger partial charge >= 0.3 is 6.09 Å². The average molecular weight is 219 g/mol. The van der Waals surface area contributed by atoms with Gasteiger partial charge in [0.05, 0.1) is 0 Å². The van der Waals surface area contributed by atoms with Crippen LogP contribution in [0.15, 0.2) is 4.99 Å². The highest BCUT2D eigenvalue weighted by molar-refractivity contribution is 8.13. The zero-order valence-electron chi connectivity index (χ0n) is 9.17. The molecular weight excluding hydrogens is 202 g/mol. The Morgan fingerprint density at radius 2 is 1.93 bits per heavy atom. The Balaban J connectivity index is 3.86. The first-order valence-corrected chi connectivity index (χ1v) is 5.37. The Labute approximate surface area is 88.7 Å². The molecule has 0 unspecified atom stereocenters. The number of thioether (sulfide) groups is 1. The topological polar surface area (TPSA) is 62.7 Å². The Morgan fingerprint density at radius 3 is 2.29 bits per heavy atom. The van der Waals surface area contributed by atoms with Gasteiger partial charge in [0, 0.05) is 7.05 Å². The van der Waals surface area contributed by atoms with Gasteiger partial charge in [-0.1, -0.05) is 11.8 Å². The Bertz CT molecular complexity index is 223. The predicted octanol–water partition coefficient (Wildman–Crippen LogP) is 1.36. The number of amides is 1. The minimum Gasteiger partial charge on any atom is -0.443 e. The quantitative estimate of drug-likeness (QED) is 0.367. The van der Waals surface area contributed by atoms with E-state index in [-0.39, 0.29) is 0 Å². The normalized spacial score (nSPS) is 12.2. The molecule has 0 aromatic rings. The molecule has 6 heteroatoms. The summed E-state index contributed by atoms with van der Waals surface area (Å²) in [6.07, 6.45) is 1.33. The lowest BCUT2D eigenvalue weighted by Crippen LogP contribution is -2.43. The van der Waals surface area contributed by atoms with E-state index in [9.17, 15) is 4.79 Å². The second-order valence-corrected chi connectivity index (χ2v) is 4.28. The number of nitrogens with one attached hydrogen (secondary N) is 2. The molecule has 82 valence electrons. The first-order chi connectivity index (χ1) is 6.39. The summed E-state index contributed by atoms with van der Waals surface area (Å²) in [6, 6.07) is 0. The molecule has 0 aliphatic carbocycles. The molecule has 0 atom stereocenters. The first-order valence-electron chi connectivity index (χ1n) is 4.15. The summed E-state index contributed by atoms with van der Waals surface area (Å²) in [5.74, 6) is 0. The van der Waals surface area contributed by atoms with E-state index in [1.807, 2.05) is 6.26 Å². The van der Waals surface area contributed by atoms with Gasteiger partial charge in [-0.05, 0) is 27.0 Å². The van der Waals surface area contributed by atoms with E-state index in [1.54, 1.807) is 27.8 Å². The van der Waals surface area contributed by atoms with Crippen molar-refractivity contribution in [2.24, 2.45) is 4.99 Å². The van der Waals surface area contributed by atoms with Gasteiger partial charge in [0.15, 0.2) is 5.17 Å². The van der Waals surface area contributed by atoms with Gasteiger partial charge in [-0.25, -0.2) is 10.2 Å². The van der Waals surface area contributed by atoms with Crippen LogP contribution in [-0.2, 0) is 4.74 Å². The molecule has 0 aliphatic rings. The third-order valence-corrected chi connectivity index (χ3v) is 1.74. The SMILES string of the molecule is C/N=C(/NNC(=O)OC(C)(C)C)SC. The number of rotatable bonds is 0. The lowest BCUT2D eigenvalue weighted by Gasteiger charge is -2.20. The summed E-state index contributed by atoms with van der Waals surface area (Å²) in [5.41, 5.74) is 4.52. The Hall–Kier alpha value is -0.910. The maximum atomic E-state index is 11.1. The second-order valence-electron chi connectivity index (χ2n) is 3.48.